The number of benzene rings is 2. The van der Waals surface area contributed by atoms with Crippen molar-refractivity contribution < 1.29 is 14.6 Å². The van der Waals surface area contributed by atoms with Crippen LogP contribution in [-0.2, 0) is 21.6 Å². The summed E-state index contributed by atoms with van der Waals surface area (Å²) in [6, 6.07) is 13.4. The molecule has 0 radical (unpaired) electrons. The maximum absolute atomic E-state index is 13.2. The molecular weight excluding hydrogens is 404 g/mol. The first-order valence-corrected chi connectivity index (χ1v) is 9.02. The molecule has 128 valence electrons. The molecule has 2 aliphatic heterocycles. The molecule has 1 saturated heterocycles. The number of nitrogens with one attached hydrogen (secondary N) is 1. The first kappa shape index (κ1) is 16.5. The Morgan fingerprint density at radius 1 is 1.24 bits per heavy atom. The molecule has 0 saturated carbocycles. The highest BCUT2D eigenvalue weighted by Crippen LogP contribution is 2.39. The fourth-order valence-corrected chi connectivity index (χ4v) is 3.90. The quantitative estimate of drug-likeness (QED) is 0.600. The van der Waals surface area contributed by atoms with Gasteiger partial charge in [0.2, 0.25) is 0 Å². The molecule has 1 amide bonds. The second kappa shape index (κ2) is 6.09. The molecule has 1 fully saturated rings. The van der Waals surface area contributed by atoms with Gasteiger partial charge in [-0.05, 0) is 47.6 Å². The van der Waals surface area contributed by atoms with Crippen LogP contribution in [0, 0.1) is 0 Å². The normalized spacial score (nSPS) is 22.4. The largest absolute Gasteiger partial charge is 0.341 e. The number of rotatable bonds is 2. The van der Waals surface area contributed by atoms with Crippen LogP contribution in [0.4, 0.5) is 0 Å². The Morgan fingerprint density at radius 2 is 2.04 bits per heavy atom. The third-order valence-electron chi connectivity index (χ3n) is 4.58. The lowest BCUT2D eigenvalue weighted by molar-refractivity contribution is -0.215. The Bertz CT molecular complexity index is 888. The van der Waals surface area contributed by atoms with Gasteiger partial charge in [0.15, 0.2) is 16.4 Å². The summed E-state index contributed by atoms with van der Waals surface area (Å²) >= 11 is 8.85. The Morgan fingerprint density at radius 3 is 2.76 bits per heavy atom. The summed E-state index contributed by atoms with van der Waals surface area (Å²) in [5.41, 5.74) is 1.61. The molecule has 0 spiro atoms. The zero-order valence-corrected chi connectivity index (χ0v) is 15.8. The van der Waals surface area contributed by atoms with Crippen molar-refractivity contribution in [3.8, 4) is 5.75 Å². The van der Waals surface area contributed by atoms with Gasteiger partial charge in [0.25, 0.3) is 5.91 Å². The minimum absolute atomic E-state index is 0.108. The number of likely N-dealkylation sites (N-methyl/N-ethyl adjacent to an activating group) is 1. The summed E-state index contributed by atoms with van der Waals surface area (Å²) < 4.78 is 0.897. The molecular formula is C18H15BrN2O3S. The van der Waals surface area contributed by atoms with E-state index in [1.807, 2.05) is 42.5 Å². The van der Waals surface area contributed by atoms with E-state index in [0.717, 1.165) is 27.6 Å². The van der Waals surface area contributed by atoms with Gasteiger partial charge in [-0.3, -0.25) is 9.69 Å². The highest BCUT2D eigenvalue weighted by molar-refractivity contribution is 9.10. The van der Waals surface area contributed by atoms with Crippen LogP contribution in [0.15, 0.2) is 46.9 Å². The second-order valence-electron chi connectivity index (χ2n) is 6.03. The molecule has 7 heteroatoms. The summed E-state index contributed by atoms with van der Waals surface area (Å²) in [7, 11) is 1.69. The van der Waals surface area contributed by atoms with Gasteiger partial charge in [-0.15, -0.1) is 0 Å². The predicted octanol–water partition coefficient (Wildman–Crippen LogP) is 2.91. The molecule has 2 heterocycles. The zero-order chi connectivity index (χ0) is 17.6. The molecule has 2 aliphatic rings. The maximum Gasteiger partial charge on any atom is 0.263 e. The monoisotopic (exact) mass is 418 g/mol. The van der Waals surface area contributed by atoms with E-state index in [4.69, 9.17) is 22.0 Å². The lowest BCUT2D eigenvalue weighted by Gasteiger charge is -2.29. The summed E-state index contributed by atoms with van der Waals surface area (Å²) in [6.45, 7) is 0.486. The summed E-state index contributed by atoms with van der Waals surface area (Å²) in [4.78, 5) is 24.9. The van der Waals surface area contributed by atoms with E-state index in [9.17, 15) is 4.79 Å². The van der Waals surface area contributed by atoms with Crippen LogP contribution in [0.5, 0.6) is 5.75 Å². The number of nitrogens with zero attached hydrogens (tertiary/aromatic N) is 1. The van der Waals surface area contributed by atoms with Gasteiger partial charge < -0.3 is 10.2 Å². The number of hydrogen-bond donors (Lipinski definition) is 1. The Balaban J connectivity index is 1.93. The molecule has 1 N–H and O–H groups in total. The van der Waals surface area contributed by atoms with Gasteiger partial charge in [-0.25, -0.2) is 0 Å². The van der Waals surface area contributed by atoms with Crippen LogP contribution in [0.25, 0.3) is 0 Å². The average molecular weight is 419 g/mol. The average Bonchev–Trinajstić information content (AvgIpc) is 2.86. The third kappa shape index (κ3) is 2.54. The Hall–Kier alpha value is -1.96. The number of amides is 1. The first-order chi connectivity index (χ1) is 12.0. The van der Waals surface area contributed by atoms with E-state index in [1.165, 1.54) is 4.90 Å². The molecule has 1 unspecified atom stereocenters. The van der Waals surface area contributed by atoms with E-state index >= 15 is 0 Å². The van der Waals surface area contributed by atoms with Crippen molar-refractivity contribution in [1.29, 1.82) is 0 Å². The van der Waals surface area contributed by atoms with Crippen LogP contribution in [0.3, 0.4) is 0 Å². The van der Waals surface area contributed by atoms with Crippen LogP contribution in [0.1, 0.15) is 16.7 Å². The molecule has 0 aliphatic carbocycles. The highest BCUT2D eigenvalue weighted by Gasteiger charge is 2.51. The molecule has 2 aromatic carbocycles. The number of carbonyl (C=O) groups is 1. The molecule has 4 rings (SSSR count). The number of fused-ring (bicyclic) bond motifs is 1. The highest BCUT2D eigenvalue weighted by atomic mass is 79.9. The minimum atomic E-state index is -1.05. The van der Waals surface area contributed by atoms with Crippen molar-refractivity contribution in [2.24, 2.45) is 0 Å². The van der Waals surface area contributed by atoms with Crippen molar-refractivity contribution in [3.63, 3.8) is 0 Å². The minimum Gasteiger partial charge on any atom is -0.341 e. The predicted molar refractivity (Wildman–Crippen MR) is 100 cm³/mol. The Kier molecular flexibility index (Phi) is 4.02. The SMILES string of the molecule is CN1C(=O)C(c2cccc(Br)c2)(c2ccc3c(c2)CCOO3)NC1=S. The summed E-state index contributed by atoms with van der Waals surface area (Å²) in [6.07, 6.45) is 0.728. The second-order valence-corrected chi connectivity index (χ2v) is 7.33. The van der Waals surface area contributed by atoms with Crippen LogP contribution >= 0.6 is 28.1 Å². The fourth-order valence-electron chi connectivity index (χ4n) is 3.27. The van der Waals surface area contributed by atoms with Gasteiger partial charge in [-0.2, -0.15) is 4.89 Å². The summed E-state index contributed by atoms with van der Waals surface area (Å²) in [5, 5.41) is 3.65. The van der Waals surface area contributed by atoms with E-state index in [0.29, 0.717) is 17.5 Å². The maximum atomic E-state index is 13.2. The summed E-state index contributed by atoms with van der Waals surface area (Å²) in [5.74, 6) is 0.573. The molecule has 5 nitrogen and oxygen atoms in total. The smallest absolute Gasteiger partial charge is 0.263 e. The van der Waals surface area contributed by atoms with Gasteiger partial charge in [0.05, 0.1) is 6.61 Å². The third-order valence-corrected chi connectivity index (χ3v) is 5.45. The lowest BCUT2D eigenvalue weighted by atomic mass is 9.81. The number of halogens is 1. The first-order valence-electron chi connectivity index (χ1n) is 7.81. The topological polar surface area (TPSA) is 50.8 Å². The molecule has 2 aromatic rings. The van der Waals surface area contributed by atoms with E-state index < -0.39 is 5.54 Å². The van der Waals surface area contributed by atoms with Crippen molar-refractivity contribution in [2.75, 3.05) is 13.7 Å². The van der Waals surface area contributed by atoms with Gasteiger partial charge in [0, 0.05) is 23.5 Å². The van der Waals surface area contributed by atoms with E-state index in [2.05, 4.69) is 21.2 Å². The van der Waals surface area contributed by atoms with Crippen molar-refractivity contribution in [2.45, 2.75) is 12.0 Å². The van der Waals surface area contributed by atoms with Crippen molar-refractivity contribution in [1.82, 2.24) is 10.2 Å². The van der Waals surface area contributed by atoms with Gasteiger partial charge in [0.1, 0.15) is 0 Å². The van der Waals surface area contributed by atoms with Crippen LogP contribution < -0.4 is 10.2 Å². The van der Waals surface area contributed by atoms with Crippen LogP contribution in [0.2, 0.25) is 0 Å². The fraction of sp³-hybridized carbons (Fsp3) is 0.222. The van der Waals surface area contributed by atoms with Gasteiger partial charge in [-0.1, -0.05) is 34.1 Å². The molecule has 0 bridgehead atoms. The van der Waals surface area contributed by atoms with Gasteiger partial charge >= 0.3 is 0 Å². The molecule has 25 heavy (non-hydrogen) atoms. The van der Waals surface area contributed by atoms with Crippen molar-refractivity contribution >= 4 is 39.2 Å². The lowest BCUT2D eigenvalue weighted by Crippen LogP contribution is -2.45. The zero-order valence-electron chi connectivity index (χ0n) is 13.4. The van der Waals surface area contributed by atoms with Crippen LogP contribution in [-0.4, -0.2) is 29.6 Å². The van der Waals surface area contributed by atoms with Crippen molar-refractivity contribution in [3.05, 3.63) is 63.6 Å². The van der Waals surface area contributed by atoms with E-state index in [1.54, 1.807) is 7.05 Å². The Labute approximate surface area is 159 Å². The number of hydrogen-bond acceptors (Lipinski definition) is 4. The molecule has 0 aromatic heterocycles. The number of carbonyl (C=O) groups excluding carboxylic acids is 1. The van der Waals surface area contributed by atoms with E-state index in [-0.39, 0.29) is 5.91 Å². The molecule has 1 atom stereocenters. The number of thiocarbonyl (C=S) groups is 1. The standard InChI is InChI=1S/C18H15BrN2O3S/c1-21-16(22)18(20-17(21)25,12-3-2-4-14(19)10-12)13-5-6-15-11(9-13)7-8-23-24-15/h2-6,9-10H,7-8H2,1H3,(H,20,25).